The molecule has 0 aliphatic carbocycles. The van der Waals surface area contributed by atoms with Crippen molar-refractivity contribution in [1.29, 1.82) is 0 Å². The first-order valence-electron chi connectivity index (χ1n) is 6.97. The Morgan fingerprint density at radius 3 is 1.45 bits per heavy atom. The summed E-state index contributed by atoms with van der Waals surface area (Å²) in [5, 5.41) is 0. The lowest BCUT2D eigenvalue weighted by Gasteiger charge is -2.00. The van der Waals surface area contributed by atoms with E-state index in [1.54, 1.807) is 0 Å². The summed E-state index contributed by atoms with van der Waals surface area (Å²) in [6.07, 6.45) is 0. The van der Waals surface area contributed by atoms with Crippen LogP contribution in [0.5, 0.6) is 0 Å². The smallest absolute Gasteiger partial charge is 0.106 e. The Kier molecular flexibility index (Phi) is 7.77. The summed E-state index contributed by atoms with van der Waals surface area (Å²) in [6.45, 7) is 4.11. The highest BCUT2D eigenvalue weighted by Crippen LogP contribution is 2.18. The molecule has 3 aromatic rings. The Hall–Kier alpha value is -2.87. The van der Waals surface area contributed by atoms with Crippen molar-refractivity contribution in [3.8, 4) is 11.1 Å². The average Bonchev–Trinajstić information content (AvgIpc) is 2.59. The Morgan fingerprint density at radius 1 is 0.636 bits per heavy atom. The average molecular weight is 291 g/mol. The Balaban J connectivity index is 0.000000228. The molecule has 0 aromatic heterocycles. The van der Waals surface area contributed by atoms with E-state index in [4.69, 9.17) is 10.5 Å². The van der Waals surface area contributed by atoms with Gasteiger partial charge >= 0.3 is 0 Å². The number of benzene rings is 3. The minimum absolute atomic E-state index is 0.822. The minimum atomic E-state index is 0.822. The van der Waals surface area contributed by atoms with Crippen LogP contribution in [0, 0.1) is 6.92 Å². The standard InChI is InChI=1S/C13H12.C6H7N.CH2O/c1-11-7-9-13(10-8-11)12-5-3-2-4-6-12;7-6-4-2-1-3-5-6;1-2/h2-10H,1H3;1-5H,7H2;1H2. The maximum absolute atomic E-state index is 8.00. The maximum Gasteiger partial charge on any atom is 0.106 e. The highest BCUT2D eigenvalue weighted by atomic mass is 16.1. The molecule has 2 heteroatoms. The Bertz CT molecular complexity index is 634. The van der Waals surface area contributed by atoms with Gasteiger partial charge in [0.15, 0.2) is 0 Å². The van der Waals surface area contributed by atoms with E-state index in [0.717, 1.165) is 5.69 Å². The first-order valence-corrected chi connectivity index (χ1v) is 6.97. The molecule has 2 nitrogen and oxygen atoms in total. The van der Waals surface area contributed by atoms with Gasteiger partial charge in [-0.15, -0.1) is 0 Å². The third-order valence-corrected chi connectivity index (χ3v) is 2.96. The van der Waals surface area contributed by atoms with Gasteiger partial charge in [-0.25, -0.2) is 0 Å². The molecule has 0 saturated carbocycles. The second-order valence-electron chi connectivity index (χ2n) is 4.64. The molecule has 0 radical (unpaired) electrons. The molecule has 0 saturated heterocycles. The number of carbonyl (C=O) groups is 1. The number of anilines is 1. The SMILES string of the molecule is C=O.Cc1ccc(-c2ccccc2)cc1.Nc1ccccc1. The Labute approximate surface area is 132 Å². The summed E-state index contributed by atoms with van der Waals surface area (Å²) < 4.78 is 0. The van der Waals surface area contributed by atoms with Crippen molar-refractivity contribution >= 4 is 12.5 Å². The van der Waals surface area contributed by atoms with E-state index in [1.165, 1.54) is 16.7 Å². The molecule has 0 spiro atoms. The van der Waals surface area contributed by atoms with Gasteiger partial charge in [0.25, 0.3) is 0 Å². The normalized spacial score (nSPS) is 8.77. The second-order valence-corrected chi connectivity index (χ2v) is 4.64. The molecule has 0 bridgehead atoms. The van der Waals surface area contributed by atoms with Gasteiger partial charge in [-0.05, 0) is 30.2 Å². The molecule has 0 atom stereocenters. The summed E-state index contributed by atoms with van der Waals surface area (Å²) in [5.41, 5.74) is 10.0. The number of aryl methyl sites for hydroxylation is 1. The zero-order chi connectivity index (χ0) is 16.2. The highest BCUT2D eigenvalue weighted by Gasteiger charge is 1.93. The molecule has 3 aromatic carbocycles. The first-order chi connectivity index (χ1) is 10.8. The fourth-order valence-electron chi connectivity index (χ4n) is 1.83. The molecular formula is C20H21NO. The lowest BCUT2D eigenvalue weighted by atomic mass is 10.0. The number of hydrogen-bond acceptors (Lipinski definition) is 2. The predicted molar refractivity (Wildman–Crippen MR) is 94.6 cm³/mol. The van der Waals surface area contributed by atoms with Crippen LogP contribution < -0.4 is 5.73 Å². The summed E-state index contributed by atoms with van der Waals surface area (Å²) in [6, 6.07) is 28.5. The lowest BCUT2D eigenvalue weighted by Crippen LogP contribution is -1.79. The Morgan fingerprint density at radius 2 is 1.05 bits per heavy atom. The van der Waals surface area contributed by atoms with Crippen LogP contribution in [-0.4, -0.2) is 6.79 Å². The van der Waals surface area contributed by atoms with Crippen molar-refractivity contribution in [1.82, 2.24) is 0 Å². The maximum atomic E-state index is 8.00. The van der Waals surface area contributed by atoms with E-state index in [2.05, 4.69) is 55.5 Å². The number of nitrogens with two attached hydrogens (primary N) is 1. The van der Waals surface area contributed by atoms with Crippen LogP contribution in [0.25, 0.3) is 11.1 Å². The summed E-state index contributed by atoms with van der Waals surface area (Å²) in [7, 11) is 0. The number of hydrogen-bond donors (Lipinski definition) is 1. The molecule has 0 amide bonds. The molecule has 22 heavy (non-hydrogen) atoms. The van der Waals surface area contributed by atoms with Crippen molar-refractivity contribution < 1.29 is 4.79 Å². The molecule has 0 aliphatic heterocycles. The van der Waals surface area contributed by atoms with E-state index in [9.17, 15) is 0 Å². The molecule has 0 fully saturated rings. The zero-order valence-electron chi connectivity index (χ0n) is 12.8. The van der Waals surface area contributed by atoms with Crippen molar-refractivity contribution in [3.05, 3.63) is 90.5 Å². The van der Waals surface area contributed by atoms with Gasteiger partial charge < -0.3 is 10.5 Å². The second kappa shape index (κ2) is 9.94. The largest absolute Gasteiger partial charge is 0.399 e. The van der Waals surface area contributed by atoms with Crippen LogP contribution in [0.3, 0.4) is 0 Å². The number of para-hydroxylation sites is 1. The number of nitrogen functional groups attached to an aromatic ring is 1. The van der Waals surface area contributed by atoms with Gasteiger partial charge in [-0.3, -0.25) is 0 Å². The van der Waals surface area contributed by atoms with Crippen LogP contribution in [0.2, 0.25) is 0 Å². The van der Waals surface area contributed by atoms with E-state index in [-0.39, 0.29) is 0 Å². The van der Waals surface area contributed by atoms with Crippen LogP contribution in [0.15, 0.2) is 84.9 Å². The predicted octanol–water partition coefficient (Wildman–Crippen LogP) is 4.75. The third-order valence-electron chi connectivity index (χ3n) is 2.96. The minimum Gasteiger partial charge on any atom is -0.399 e. The topological polar surface area (TPSA) is 43.1 Å². The van der Waals surface area contributed by atoms with Gasteiger partial charge in [-0.2, -0.15) is 0 Å². The lowest BCUT2D eigenvalue weighted by molar-refractivity contribution is -0.0979. The fraction of sp³-hybridized carbons (Fsp3) is 0.0500. The van der Waals surface area contributed by atoms with E-state index in [0.29, 0.717) is 0 Å². The van der Waals surface area contributed by atoms with Crippen molar-refractivity contribution in [3.63, 3.8) is 0 Å². The molecule has 0 heterocycles. The van der Waals surface area contributed by atoms with Gasteiger partial charge in [0.05, 0.1) is 0 Å². The van der Waals surface area contributed by atoms with Crippen molar-refractivity contribution in [2.45, 2.75) is 6.92 Å². The monoisotopic (exact) mass is 291 g/mol. The van der Waals surface area contributed by atoms with Gasteiger partial charge in [0, 0.05) is 5.69 Å². The summed E-state index contributed by atoms with van der Waals surface area (Å²) in [4.78, 5) is 8.00. The van der Waals surface area contributed by atoms with Crippen LogP contribution in [0.1, 0.15) is 5.56 Å². The first kappa shape index (κ1) is 17.2. The fourth-order valence-corrected chi connectivity index (χ4v) is 1.83. The van der Waals surface area contributed by atoms with Gasteiger partial charge in [0.2, 0.25) is 0 Å². The van der Waals surface area contributed by atoms with Crippen molar-refractivity contribution in [2.75, 3.05) is 5.73 Å². The van der Waals surface area contributed by atoms with Crippen LogP contribution >= 0.6 is 0 Å². The zero-order valence-corrected chi connectivity index (χ0v) is 12.8. The van der Waals surface area contributed by atoms with Gasteiger partial charge in [0.1, 0.15) is 6.79 Å². The highest BCUT2D eigenvalue weighted by molar-refractivity contribution is 5.63. The molecule has 0 unspecified atom stereocenters. The molecule has 0 aliphatic rings. The van der Waals surface area contributed by atoms with Gasteiger partial charge in [-0.1, -0.05) is 78.4 Å². The van der Waals surface area contributed by atoms with E-state index < -0.39 is 0 Å². The summed E-state index contributed by atoms with van der Waals surface area (Å²) >= 11 is 0. The number of rotatable bonds is 1. The van der Waals surface area contributed by atoms with Crippen LogP contribution in [0.4, 0.5) is 5.69 Å². The third kappa shape index (κ3) is 6.06. The number of carbonyl (C=O) groups excluding carboxylic acids is 1. The van der Waals surface area contributed by atoms with Crippen LogP contribution in [-0.2, 0) is 4.79 Å². The molecule has 2 N–H and O–H groups in total. The molecule has 3 rings (SSSR count). The quantitative estimate of drug-likeness (QED) is 0.658. The van der Waals surface area contributed by atoms with E-state index in [1.807, 2.05) is 43.2 Å². The molecule has 112 valence electrons. The van der Waals surface area contributed by atoms with Crippen molar-refractivity contribution in [2.24, 2.45) is 0 Å². The molecular weight excluding hydrogens is 270 g/mol. The van der Waals surface area contributed by atoms with E-state index >= 15 is 0 Å². The summed E-state index contributed by atoms with van der Waals surface area (Å²) in [5.74, 6) is 0.